The van der Waals surface area contributed by atoms with E-state index in [2.05, 4.69) is 40.7 Å². The van der Waals surface area contributed by atoms with Gasteiger partial charge < -0.3 is 14.2 Å². The van der Waals surface area contributed by atoms with E-state index in [9.17, 15) is 4.79 Å². The number of halogens is 1. The zero-order valence-electron chi connectivity index (χ0n) is 15.2. The second kappa shape index (κ2) is 8.82. The van der Waals surface area contributed by atoms with Crippen LogP contribution in [-0.2, 0) is 21.0 Å². The fourth-order valence-corrected chi connectivity index (χ4v) is 3.39. The SMILES string of the molecule is CCOC(=O)COc1cc2c(cnn2COCC[Si](C)(C)C)cc1Br. The van der Waals surface area contributed by atoms with Gasteiger partial charge in [0.15, 0.2) is 6.61 Å². The maximum absolute atomic E-state index is 11.5. The lowest BCUT2D eigenvalue weighted by molar-refractivity contribution is -0.145. The highest BCUT2D eigenvalue weighted by atomic mass is 79.9. The lowest BCUT2D eigenvalue weighted by Crippen LogP contribution is -2.22. The Balaban J connectivity index is 2.04. The van der Waals surface area contributed by atoms with Crippen molar-refractivity contribution in [2.45, 2.75) is 39.3 Å². The summed E-state index contributed by atoms with van der Waals surface area (Å²) in [5, 5.41) is 5.35. The number of fused-ring (bicyclic) bond motifs is 1. The van der Waals surface area contributed by atoms with Gasteiger partial charge in [0.05, 0.1) is 22.8 Å². The van der Waals surface area contributed by atoms with Crippen LogP contribution in [0, 0.1) is 0 Å². The van der Waals surface area contributed by atoms with Gasteiger partial charge in [0.1, 0.15) is 12.5 Å². The molecule has 0 radical (unpaired) electrons. The molecule has 25 heavy (non-hydrogen) atoms. The maximum Gasteiger partial charge on any atom is 0.344 e. The smallest absolute Gasteiger partial charge is 0.344 e. The van der Waals surface area contributed by atoms with Gasteiger partial charge in [-0.3, -0.25) is 0 Å². The van der Waals surface area contributed by atoms with Gasteiger partial charge in [-0.25, -0.2) is 9.48 Å². The molecule has 0 N–H and O–H groups in total. The van der Waals surface area contributed by atoms with Crippen molar-refractivity contribution in [3.8, 4) is 5.75 Å². The van der Waals surface area contributed by atoms with Gasteiger partial charge in [-0.15, -0.1) is 0 Å². The summed E-state index contributed by atoms with van der Waals surface area (Å²) >= 11 is 3.46. The van der Waals surface area contributed by atoms with E-state index in [0.29, 0.717) is 19.1 Å². The molecule has 0 amide bonds. The Labute approximate surface area is 157 Å². The van der Waals surface area contributed by atoms with Crippen LogP contribution in [-0.4, -0.2) is 43.6 Å². The first-order valence-corrected chi connectivity index (χ1v) is 12.8. The second-order valence-corrected chi connectivity index (χ2v) is 13.4. The Hall–Kier alpha value is -1.38. The number of nitrogens with zero attached hydrogens (tertiary/aromatic N) is 2. The van der Waals surface area contributed by atoms with Gasteiger partial charge in [-0.05, 0) is 35.0 Å². The summed E-state index contributed by atoms with van der Waals surface area (Å²) in [5.41, 5.74) is 0.898. The van der Waals surface area contributed by atoms with Crippen molar-refractivity contribution in [3.63, 3.8) is 0 Å². The number of rotatable bonds is 9. The van der Waals surface area contributed by atoms with Gasteiger partial charge in [-0.2, -0.15) is 5.10 Å². The van der Waals surface area contributed by atoms with Crippen molar-refractivity contribution in [1.82, 2.24) is 9.78 Å². The summed E-state index contributed by atoms with van der Waals surface area (Å²) in [6.07, 6.45) is 1.79. The van der Waals surface area contributed by atoms with Crippen molar-refractivity contribution in [2.24, 2.45) is 0 Å². The molecule has 0 unspecified atom stereocenters. The third kappa shape index (κ3) is 6.13. The molecule has 0 bridgehead atoms. The fraction of sp³-hybridized carbons (Fsp3) is 0.529. The minimum atomic E-state index is -1.10. The molecular formula is C17H25BrN2O4Si. The number of esters is 1. The van der Waals surface area contributed by atoms with Gasteiger partial charge >= 0.3 is 5.97 Å². The summed E-state index contributed by atoms with van der Waals surface area (Å²) in [6.45, 7) is 10.1. The minimum absolute atomic E-state index is 0.126. The van der Waals surface area contributed by atoms with E-state index in [4.69, 9.17) is 14.2 Å². The monoisotopic (exact) mass is 428 g/mol. The molecule has 0 aliphatic heterocycles. The van der Waals surface area contributed by atoms with Gasteiger partial charge in [-0.1, -0.05) is 19.6 Å². The third-order valence-electron chi connectivity index (χ3n) is 3.56. The maximum atomic E-state index is 11.5. The molecule has 0 aliphatic carbocycles. The zero-order valence-corrected chi connectivity index (χ0v) is 17.8. The minimum Gasteiger partial charge on any atom is -0.481 e. The first kappa shape index (κ1) is 19.9. The number of aromatic nitrogens is 2. The molecule has 0 atom stereocenters. The molecule has 0 saturated carbocycles. The molecule has 1 heterocycles. The predicted octanol–water partition coefficient (Wildman–Crippen LogP) is 4.05. The summed E-state index contributed by atoms with van der Waals surface area (Å²) < 4.78 is 18.8. The van der Waals surface area contributed by atoms with E-state index in [-0.39, 0.29) is 6.61 Å². The van der Waals surface area contributed by atoms with Crippen molar-refractivity contribution in [3.05, 3.63) is 22.8 Å². The number of benzene rings is 1. The van der Waals surface area contributed by atoms with Crippen molar-refractivity contribution >= 4 is 40.9 Å². The molecule has 1 aromatic carbocycles. The van der Waals surface area contributed by atoms with Crippen LogP contribution in [0.25, 0.3) is 10.9 Å². The number of hydrogen-bond donors (Lipinski definition) is 0. The Morgan fingerprint density at radius 2 is 2.08 bits per heavy atom. The highest BCUT2D eigenvalue weighted by molar-refractivity contribution is 9.10. The van der Waals surface area contributed by atoms with Crippen LogP contribution < -0.4 is 4.74 Å². The van der Waals surface area contributed by atoms with E-state index < -0.39 is 14.0 Å². The second-order valence-electron chi connectivity index (χ2n) is 6.93. The number of hydrogen-bond acceptors (Lipinski definition) is 5. The van der Waals surface area contributed by atoms with E-state index in [0.717, 1.165) is 28.0 Å². The Morgan fingerprint density at radius 3 is 2.76 bits per heavy atom. The highest BCUT2D eigenvalue weighted by Gasteiger charge is 2.13. The van der Waals surface area contributed by atoms with Crippen molar-refractivity contribution in [1.29, 1.82) is 0 Å². The first-order valence-electron chi connectivity index (χ1n) is 8.31. The van der Waals surface area contributed by atoms with E-state index in [1.165, 1.54) is 0 Å². The zero-order chi connectivity index (χ0) is 18.4. The quantitative estimate of drug-likeness (QED) is 0.342. The van der Waals surface area contributed by atoms with Crippen LogP contribution in [0.2, 0.25) is 25.7 Å². The van der Waals surface area contributed by atoms with Crippen LogP contribution in [0.15, 0.2) is 22.8 Å². The predicted molar refractivity (Wildman–Crippen MR) is 104 cm³/mol. The summed E-state index contributed by atoms with van der Waals surface area (Å²) in [7, 11) is -1.10. The molecule has 0 fully saturated rings. The number of ether oxygens (including phenoxy) is 3. The molecule has 2 rings (SSSR count). The van der Waals surface area contributed by atoms with E-state index in [1.807, 2.05) is 12.1 Å². The Kier molecular flexibility index (Phi) is 7.03. The highest BCUT2D eigenvalue weighted by Crippen LogP contribution is 2.30. The van der Waals surface area contributed by atoms with Crippen LogP contribution in [0.4, 0.5) is 0 Å². The average molecular weight is 429 g/mol. The van der Waals surface area contributed by atoms with Gasteiger partial charge in [0.25, 0.3) is 0 Å². The Bertz CT molecular complexity index is 727. The van der Waals surface area contributed by atoms with Crippen molar-refractivity contribution < 1.29 is 19.0 Å². The normalized spacial score (nSPS) is 11.7. The molecule has 0 spiro atoms. The lowest BCUT2D eigenvalue weighted by Gasteiger charge is -2.15. The molecule has 1 aromatic heterocycles. The van der Waals surface area contributed by atoms with Crippen LogP contribution in [0.5, 0.6) is 5.75 Å². The molecule has 138 valence electrons. The summed E-state index contributed by atoms with van der Waals surface area (Å²) in [4.78, 5) is 11.5. The third-order valence-corrected chi connectivity index (χ3v) is 5.88. The molecular weight excluding hydrogens is 404 g/mol. The van der Waals surface area contributed by atoms with Gasteiger partial charge in [0, 0.05) is 26.1 Å². The summed E-state index contributed by atoms with van der Waals surface area (Å²) in [5.74, 6) is 0.182. The van der Waals surface area contributed by atoms with E-state index in [1.54, 1.807) is 17.8 Å². The topological polar surface area (TPSA) is 62.6 Å². The number of carbonyl (C=O) groups excluding carboxylic acids is 1. The van der Waals surface area contributed by atoms with Crippen LogP contribution >= 0.6 is 15.9 Å². The van der Waals surface area contributed by atoms with Crippen LogP contribution in [0.1, 0.15) is 6.92 Å². The van der Waals surface area contributed by atoms with Gasteiger partial charge in [0.2, 0.25) is 0 Å². The molecule has 6 nitrogen and oxygen atoms in total. The molecule has 0 aliphatic rings. The fourth-order valence-electron chi connectivity index (χ4n) is 2.16. The molecule has 0 saturated heterocycles. The summed E-state index contributed by atoms with van der Waals surface area (Å²) in [6, 6.07) is 4.89. The van der Waals surface area contributed by atoms with E-state index >= 15 is 0 Å². The first-order chi connectivity index (χ1) is 11.8. The average Bonchev–Trinajstić information content (AvgIpc) is 2.90. The van der Waals surface area contributed by atoms with Crippen molar-refractivity contribution in [2.75, 3.05) is 19.8 Å². The lowest BCUT2D eigenvalue weighted by atomic mass is 10.2. The number of carbonyl (C=O) groups is 1. The largest absolute Gasteiger partial charge is 0.481 e. The molecule has 8 heteroatoms. The standard InChI is InChI=1S/C17H25BrN2O4Si/c1-5-23-17(21)11-24-16-9-15-13(8-14(16)18)10-19-20(15)12-22-6-7-25(2,3)4/h8-10H,5-7,11-12H2,1-4H3. The van der Waals surface area contributed by atoms with Crippen LogP contribution in [0.3, 0.4) is 0 Å². The Morgan fingerprint density at radius 1 is 1.32 bits per heavy atom. The molecule has 2 aromatic rings.